The first-order valence-electron chi connectivity index (χ1n) is 34.9. The number of rotatable bonds is 9. The molecule has 2 heterocycles. The van der Waals surface area contributed by atoms with Crippen molar-refractivity contribution in [2.45, 2.75) is 115 Å². The van der Waals surface area contributed by atoms with Crippen molar-refractivity contribution in [3.8, 4) is 33.4 Å². The van der Waals surface area contributed by atoms with Crippen molar-refractivity contribution in [3.05, 3.63) is 321 Å². The van der Waals surface area contributed by atoms with E-state index in [0.717, 1.165) is 37.1 Å². The number of anilines is 6. The Balaban J connectivity index is 0.818. The Morgan fingerprint density at radius 2 is 0.906 bits per heavy atom. The van der Waals surface area contributed by atoms with E-state index in [1.807, 2.05) is 0 Å². The lowest BCUT2D eigenvalue weighted by Crippen LogP contribution is -2.42. The molecule has 0 amide bonds. The molecule has 1 aromatic heterocycles. The molecule has 4 heteroatoms. The molecular weight excluding hydrogens is 1160 g/mol. The average Bonchev–Trinajstić information content (AvgIpc) is 1.45. The van der Waals surface area contributed by atoms with E-state index in [1.54, 1.807) is 0 Å². The SMILES string of the molecule is CC1(C)C2=C(C=CC(N(c3ccc4c(c3)C(C)(C)c3ccccc3-4)c3cccc4ccccc34)C2)n2c3c(c4cc(N(c5ccccc5)c5ccc6c(c5)C(C)(C)c5ccccc5-6)cc1c42)CC(N(C1=c2ccccc2=CCC1)c1ccc2c(c1)C(C)(C)c1ccccc1-2)C=C3. The maximum absolute atomic E-state index is 2.76. The van der Waals surface area contributed by atoms with E-state index in [1.165, 1.54) is 155 Å². The van der Waals surface area contributed by atoms with Crippen LogP contribution in [0, 0.1) is 0 Å². The fourth-order valence-electron chi connectivity index (χ4n) is 18.9. The average molecular weight is 1240 g/mol. The summed E-state index contributed by atoms with van der Waals surface area (Å²) in [5, 5.41) is 6.48. The van der Waals surface area contributed by atoms with Gasteiger partial charge in [0.2, 0.25) is 0 Å². The summed E-state index contributed by atoms with van der Waals surface area (Å²) in [4.78, 5) is 8.02. The Hall–Kier alpha value is -10.4. The highest BCUT2D eigenvalue weighted by Gasteiger charge is 2.45. The molecule has 96 heavy (non-hydrogen) atoms. The van der Waals surface area contributed by atoms with Gasteiger partial charge in [0.25, 0.3) is 0 Å². The third kappa shape index (κ3) is 8.08. The summed E-state index contributed by atoms with van der Waals surface area (Å²) < 4.78 is 2.71. The van der Waals surface area contributed by atoms with Crippen molar-refractivity contribution in [1.82, 2.24) is 4.57 Å². The molecule has 0 saturated carbocycles. The van der Waals surface area contributed by atoms with Crippen LogP contribution in [-0.4, -0.2) is 16.7 Å². The number of nitrogens with zero attached hydrogens (tertiary/aromatic N) is 4. The smallest absolute Gasteiger partial charge is 0.0579 e. The van der Waals surface area contributed by atoms with Crippen LogP contribution in [0.4, 0.5) is 34.1 Å². The van der Waals surface area contributed by atoms with Crippen LogP contribution in [0.15, 0.2) is 260 Å². The first-order valence-corrected chi connectivity index (χ1v) is 34.9. The van der Waals surface area contributed by atoms with Gasteiger partial charge in [0.05, 0.1) is 17.6 Å². The molecule has 0 fully saturated rings. The zero-order valence-corrected chi connectivity index (χ0v) is 56.2. The molecule has 0 saturated heterocycles. The minimum Gasteiger partial charge on any atom is -0.337 e. The monoisotopic (exact) mass is 1240 g/mol. The third-order valence-corrected chi connectivity index (χ3v) is 23.7. The summed E-state index contributed by atoms with van der Waals surface area (Å²) in [6.07, 6.45) is 16.2. The third-order valence-electron chi connectivity index (χ3n) is 23.7. The molecule has 466 valence electrons. The van der Waals surface area contributed by atoms with Crippen LogP contribution in [0.5, 0.6) is 0 Å². The lowest BCUT2D eigenvalue weighted by atomic mass is 9.70. The quantitative estimate of drug-likeness (QED) is 0.143. The minimum atomic E-state index is -0.401. The first kappa shape index (κ1) is 57.1. The van der Waals surface area contributed by atoms with Gasteiger partial charge in [-0.05, 0) is 199 Å². The van der Waals surface area contributed by atoms with E-state index in [4.69, 9.17) is 0 Å². The molecule has 0 bridgehead atoms. The molecule has 2 atom stereocenters. The van der Waals surface area contributed by atoms with Crippen LogP contribution in [0.2, 0.25) is 0 Å². The van der Waals surface area contributed by atoms with Crippen LogP contribution in [-0.2, 0) is 28.1 Å². The lowest BCUT2D eigenvalue weighted by molar-refractivity contribution is 0.563. The van der Waals surface area contributed by atoms with Crippen molar-refractivity contribution >= 4 is 79.3 Å². The van der Waals surface area contributed by atoms with Gasteiger partial charge in [0, 0.05) is 88.9 Å². The Morgan fingerprint density at radius 1 is 0.385 bits per heavy atom. The number of allylic oxidation sites excluding steroid dienone is 2. The fourth-order valence-corrected chi connectivity index (χ4v) is 18.9. The van der Waals surface area contributed by atoms with E-state index >= 15 is 0 Å². The van der Waals surface area contributed by atoms with Crippen molar-refractivity contribution in [1.29, 1.82) is 0 Å². The molecule has 2 unspecified atom stereocenters. The Labute approximate surface area is 564 Å². The van der Waals surface area contributed by atoms with Crippen LogP contribution in [0.3, 0.4) is 0 Å². The van der Waals surface area contributed by atoms with Gasteiger partial charge in [-0.15, -0.1) is 0 Å². The second kappa shape index (κ2) is 20.5. The largest absolute Gasteiger partial charge is 0.337 e. The van der Waals surface area contributed by atoms with E-state index in [2.05, 4.69) is 342 Å². The second-order valence-electron chi connectivity index (χ2n) is 30.2. The molecule has 7 aliphatic rings. The lowest BCUT2D eigenvalue weighted by Gasteiger charge is -2.43. The molecule has 1 aliphatic heterocycles. The van der Waals surface area contributed by atoms with Crippen molar-refractivity contribution in [2.24, 2.45) is 0 Å². The topological polar surface area (TPSA) is 14.7 Å². The van der Waals surface area contributed by atoms with E-state index in [9.17, 15) is 0 Å². The van der Waals surface area contributed by atoms with Crippen molar-refractivity contribution in [3.63, 3.8) is 0 Å². The molecule has 6 aliphatic carbocycles. The summed E-state index contributed by atoms with van der Waals surface area (Å²) in [5.41, 5.74) is 32.2. The normalized spacial score (nSPS) is 18.5. The Kier molecular flexibility index (Phi) is 12.2. The molecule has 11 aromatic carbocycles. The molecule has 0 spiro atoms. The predicted molar refractivity (Wildman–Crippen MR) is 404 cm³/mol. The molecule has 0 N–H and O–H groups in total. The summed E-state index contributed by atoms with van der Waals surface area (Å²) in [7, 11) is 0. The van der Waals surface area contributed by atoms with Crippen molar-refractivity contribution < 1.29 is 0 Å². The summed E-state index contributed by atoms with van der Waals surface area (Å²) in [6.45, 7) is 19.5. The van der Waals surface area contributed by atoms with Gasteiger partial charge in [0.15, 0.2) is 0 Å². The van der Waals surface area contributed by atoms with Crippen LogP contribution < -0.4 is 25.1 Å². The summed E-state index contributed by atoms with van der Waals surface area (Å²) in [6, 6.07) is 90.5. The first-order chi connectivity index (χ1) is 46.6. The van der Waals surface area contributed by atoms with Gasteiger partial charge in [-0.3, -0.25) is 0 Å². The minimum absolute atomic E-state index is 0.00342. The predicted octanol–water partition coefficient (Wildman–Crippen LogP) is 21.7. The highest BCUT2D eigenvalue weighted by atomic mass is 15.2. The number of para-hydroxylation sites is 1. The number of hydrogen-bond donors (Lipinski definition) is 0. The van der Waals surface area contributed by atoms with Gasteiger partial charge in [-0.2, -0.15) is 0 Å². The Morgan fingerprint density at radius 3 is 1.57 bits per heavy atom. The van der Waals surface area contributed by atoms with Gasteiger partial charge < -0.3 is 19.3 Å². The molecule has 0 radical (unpaired) electrons. The van der Waals surface area contributed by atoms with E-state index in [0.29, 0.717) is 0 Å². The molecule has 12 aromatic rings. The zero-order valence-electron chi connectivity index (χ0n) is 56.2. The number of benzene rings is 11. The van der Waals surface area contributed by atoms with Crippen LogP contribution in [0.25, 0.3) is 78.6 Å². The van der Waals surface area contributed by atoms with Crippen LogP contribution in [0.1, 0.15) is 125 Å². The summed E-state index contributed by atoms with van der Waals surface area (Å²) >= 11 is 0. The van der Waals surface area contributed by atoms with E-state index < -0.39 is 5.41 Å². The maximum atomic E-state index is 2.76. The number of aromatic nitrogens is 1. The van der Waals surface area contributed by atoms with Crippen LogP contribution >= 0.6 is 0 Å². The van der Waals surface area contributed by atoms with Gasteiger partial charge in [-0.1, -0.05) is 243 Å². The molecule has 19 rings (SSSR count). The summed E-state index contributed by atoms with van der Waals surface area (Å²) in [5.74, 6) is 0. The standard InChI is InChI=1S/C92H78N4/c1-89(2)76-35-19-16-32-68(76)71-45-40-61(52-79(71)89)93(59-28-10-9-11-29-59)65-51-75-74-50-60(94(84-38-22-26-57-24-12-14-30-66(57)84)62-41-46-72-69-33-17-20-36-77(69)90(3,4)80(72)53-62)43-48-86(74)96-87-49-44-64(55-82(87)92(7,8)83(56-65)88(75)96)95(85-39-23-27-58-25-13-15-31-67(58)85)63-42-47-73-70-34-18-21-37-78(70)91(5,6)81(73)54-63/h9-21,23-37,39-49,51-54,56,60,64H,22,38,50,55H2,1-8H3. The highest BCUT2D eigenvalue weighted by Crippen LogP contribution is 2.58. The Bertz CT molecular complexity index is 5580. The van der Waals surface area contributed by atoms with Gasteiger partial charge >= 0.3 is 0 Å². The number of hydrogen-bond acceptors (Lipinski definition) is 3. The molecular formula is C92H78N4. The fraction of sp³-hybridized carbons (Fsp3) is 0.196. The van der Waals surface area contributed by atoms with Crippen molar-refractivity contribution in [2.75, 3.05) is 14.7 Å². The number of fused-ring (bicyclic) bond motifs is 15. The zero-order chi connectivity index (χ0) is 64.7. The van der Waals surface area contributed by atoms with E-state index in [-0.39, 0.29) is 28.3 Å². The van der Waals surface area contributed by atoms with Gasteiger partial charge in [-0.25, -0.2) is 0 Å². The van der Waals surface area contributed by atoms with Gasteiger partial charge in [0.1, 0.15) is 0 Å². The molecule has 4 nitrogen and oxygen atoms in total. The second-order valence-corrected chi connectivity index (χ2v) is 30.2. The maximum Gasteiger partial charge on any atom is 0.0579 e. The highest BCUT2D eigenvalue weighted by molar-refractivity contribution is 6.03.